The van der Waals surface area contributed by atoms with Gasteiger partial charge in [-0.3, -0.25) is 4.79 Å². The van der Waals surface area contributed by atoms with Crippen molar-refractivity contribution in [2.45, 2.75) is 45.1 Å². The summed E-state index contributed by atoms with van der Waals surface area (Å²) in [5.74, 6) is -0.606. The van der Waals surface area contributed by atoms with Crippen molar-refractivity contribution in [1.29, 1.82) is 0 Å². The molecular weight excluding hydrogens is 252 g/mol. The molecule has 0 radical (unpaired) electrons. The molecule has 1 aliphatic rings. The molecule has 5 nitrogen and oxygen atoms in total. The molecule has 0 aliphatic carbocycles. The first-order valence-corrected chi connectivity index (χ1v) is 8.46. The van der Waals surface area contributed by atoms with Crippen molar-refractivity contribution >= 4 is 15.7 Å². The van der Waals surface area contributed by atoms with Crippen molar-refractivity contribution in [2.24, 2.45) is 5.73 Å². The van der Waals surface area contributed by atoms with E-state index in [1.54, 1.807) is 11.8 Å². The first kappa shape index (κ1) is 15.4. The average Bonchev–Trinajstić information content (AvgIpc) is 2.54. The Morgan fingerprint density at radius 1 is 1.22 bits per heavy atom. The van der Waals surface area contributed by atoms with E-state index in [2.05, 4.69) is 0 Å². The van der Waals surface area contributed by atoms with Crippen molar-refractivity contribution in [3.63, 3.8) is 0 Å². The Balaban J connectivity index is 2.46. The van der Waals surface area contributed by atoms with Crippen LogP contribution < -0.4 is 5.73 Å². The van der Waals surface area contributed by atoms with E-state index < -0.39 is 9.84 Å². The second kappa shape index (κ2) is 7.09. The lowest BCUT2D eigenvalue weighted by molar-refractivity contribution is -0.128. The van der Waals surface area contributed by atoms with Gasteiger partial charge >= 0.3 is 0 Å². The molecule has 0 aromatic carbocycles. The van der Waals surface area contributed by atoms with Gasteiger partial charge in [0.2, 0.25) is 5.91 Å². The maximum absolute atomic E-state index is 11.9. The zero-order valence-electron chi connectivity index (χ0n) is 11.1. The lowest BCUT2D eigenvalue weighted by atomic mass is 10.2. The molecule has 0 bridgehead atoms. The van der Waals surface area contributed by atoms with E-state index in [0.717, 1.165) is 25.7 Å². The van der Waals surface area contributed by atoms with Crippen LogP contribution in [0.4, 0.5) is 0 Å². The molecule has 18 heavy (non-hydrogen) atoms. The number of hydrogen-bond acceptors (Lipinski definition) is 4. The van der Waals surface area contributed by atoms with Crippen LogP contribution in [0.15, 0.2) is 0 Å². The molecule has 1 heterocycles. The molecule has 1 saturated heterocycles. The quantitative estimate of drug-likeness (QED) is 0.795. The van der Waals surface area contributed by atoms with Crippen LogP contribution in [0.2, 0.25) is 0 Å². The van der Waals surface area contributed by atoms with E-state index >= 15 is 0 Å². The fourth-order valence-corrected chi connectivity index (χ4v) is 3.47. The van der Waals surface area contributed by atoms with E-state index in [1.807, 2.05) is 0 Å². The summed E-state index contributed by atoms with van der Waals surface area (Å²) < 4.78 is 23.5. The maximum atomic E-state index is 11.9. The lowest BCUT2D eigenvalue weighted by Gasteiger charge is -2.20. The number of likely N-dealkylation sites (tertiary alicyclic amines) is 1. The molecule has 1 unspecified atom stereocenters. The molecule has 0 aromatic rings. The van der Waals surface area contributed by atoms with E-state index in [9.17, 15) is 13.2 Å². The highest BCUT2D eigenvalue weighted by molar-refractivity contribution is 7.92. The van der Waals surface area contributed by atoms with Crippen LogP contribution in [-0.4, -0.2) is 49.9 Å². The summed E-state index contributed by atoms with van der Waals surface area (Å²) in [6, 6.07) is -0.145. The molecule has 106 valence electrons. The number of carbonyl (C=O) groups excluding carboxylic acids is 1. The molecule has 0 saturated carbocycles. The fourth-order valence-electron chi connectivity index (χ4n) is 2.04. The molecule has 0 spiro atoms. The van der Waals surface area contributed by atoms with Crippen molar-refractivity contribution < 1.29 is 13.2 Å². The van der Waals surface area contributed by atoms with Gasteiger partial charge < -0.3 is 10.6 Å². The minimum absolute atomic E-state index is 0.00421. The summed E-state index contributed by atoms with van der Waals surface area (Å²) in [6.45, 7) is 3.16. The molecule has 2 N–H and O–H groups in total. The van der Waals surface area contributed by atoms with E-state index in [4.69, 9.17) is 5.73 Å². The fraction of sp³-hybridized carbons (Fsp3) is 0.917. The van der Waals surface area contributed by atoms with Crippen molar-refractivity contribution in [1.82, 2.24) is 4.90 Å². The summed E-state index contributed by atoms with van der Waals surface area (Å²) in [4.78, 5) is 13.6. The summed E-state index contributed by atoms with van der Waals surface area (Å²) in [5, 5.41) is 0. The summed E-state index contributed by atoms with van der Waals surface area (Å²) in [5.41, 5.74) is 5.53. The molecule has 1 amide bonds. The Hall–Kier alpha value is -0.620. The number of carbonyl (C=O) groups is 1. The zero-order valence-corrected chi connectivity index (χ0v) is 11.9. The Kier molecular flexibility index (Phi) is 6.08. The van der Waals surface area contributed by atoms with E-state index in [0.29, 0.717) is 19.5 Å². The Morgan fingerprint density at radius 2 is 1.78 bits per heavy atom. The molecule has 1 aliphatic heterocycles. The normalized spacial score (nSPS) is 19.3. The Morgan fingerprint density at radius 3 is 2.28 bits per heavy atom. The summed E-state index contributed by atoms with van der Waals surface area (Å²) in [6.07, 6.45) is 4.62. The lowest BCUT2D eigenvalue weighted by Crippen LogP contribution is -2.37. The predicted octanol–water partition coefficient (Wildman–Crippen LogP) is 0.541. The van der Waals surface area contributed by atoms with Gasteiger partial charge in [0.25, 0.3) is 0 Å². The minimum atomic E-state index is -3.31. The SMILES string of the molecule is CC(N)CCS(=O)(=O)CC(=O)N1CCCCCC1. The second-order valence-electron chi connectivity index (χ2n) is 5.15. The number of nitrogens with two attached hydrogens (primary N) is 1. The topological polar surface area (TPSA) is 80.5 Å². The van der Waals surface area contributed by atoms with Crippen molar-refractivity contribution in [3.05, 3.63) is 0 Å². The molecule has 1 atom stereocenters. The molecule has 1 rings (SSSR count). The molecule has 6 heteroatoms. The molecular formula is C12H24N2O3S. The van der Waals surface area contributed by atoms with Gasteiger partial charge in [0.1, 0.15) is 5.75 Å². The van der Waals surface area contributed by atoms with E-state index in [-0.39, 0.29) is 23.5 Å². The zero-order chi connectivity index (χ0) is 13.6. The van der Waals surface area contributed by atoms with Gasteiger partial charge in [-0.2, -0.15) is 0 Å². The Labute approximate surface area is 110 Å². The number of nitrogens with zero attached hydrogens (tertiary/aromatic N) is 1. The average molecular weight is 276 g/mol. The van der Waals surface area contributed by atoms with Gasteiger partial charge in [-0.25, -0.2) is 8.42 Å². The van der Waals surface area contributed by atoms with E-state index in [1.165, 1.54) is 0 Å². The highest BCUT2D eigenvalue weighted by atomic mass is 32.2. The van der Waals surface area contributed by atoms with Gasteiger partial charge in [-0.1, -0.05) is 12.8 Å². The van der Waals surface area contributed by atoms with Crippen molar-refractivity contribution in [3.8, 4) is 0 Å². The van der Waals surface area contributed by atoms with Crippen molar-refractivity contribution in [2.75, 3.05) is 24.6 Å². The first-order valence-electron chi connectivity index (χ1n) is 6.64. The summed E-state index contributed by atoms with van der Waals surface area (Å²) in [7, 11) is -3.31. The van der Waals surface area contributed by atoms with Crippen LogP contribution in [-0.2, 0) is 14.6 Å². The summed E-state index contributed by atoms with van der Waals surface area (Å²) >= 11 is 0. The largest absolute Gasteiger partial charge is 0.342 e. The van der Waals surface area contributed by atoms with Crippen LogP contribution in [0, 0.1) is 0 Å². The standard InChI is InChI=1S/C12H24N2O3S/c1-11(13)6-9-18(16,17)10-12(15)14-7-4-2-3-5-8-14/h11H,2-10,13H2,1H3. The maximum Gasteiger partial charge on any atom is 0.237 e. The second-order valence-corrected chi connectivity index (χ2v) is 7.34. The number of rotatable bonds is 5. The van der Waals surface area contributed by atoms with Crippen LogP contribution in [0.25, 0.3) is 0 Å². The monoisotopic (exact) mass is 276 g/mol. The predicted molar refractivity (Wildman–Crippen MR) is 72.0 cm³/mol. The smallest absolute Gasteiger partial charge is 0.237 e. The molecule has 1 fully saturated rings. The number of hydrogen-bond donors (Lipinski definition) is 1. The van der Waals surface area contributed by atoms with Gasteiger partial charge in [0, 0.05) is 19.1 Å². The minimum Gasteiger partial charge on any atom is -0.342 e. The van der Waals surface area contributed by atoms with Gasteiger partial charge in [-0.15, -0.1) is 0 Å². The van der Waals surface area contributed by atoms with Crippen LogP contribution in [0.1, 0.15) is 39.0 Å². The van der Waals surface area contributed by atoms with Gasteiger partial charge in [0.15, 0.2) is 9.84 Å². The third-order valence-electron chi connectivity index (χ3n) is 3.19. The van der Waals surface area contributed by atoms with Crippen LogP contribution in [0.3, 0.4) is 0 Å². The Bertz CT molecular complexity index is 358. The number of sulfone groups is 1. The third kappa shape index (κ3) is 5.82. The van der Waals surface area contributed by atoms with Gasteiger partial charge in [0.05, 0.1) is 5.75 Å². The van der Waals surface area contributed by atoms with Crippen LogP contribution >= 0.6 is 0 Å². The highest BCUT2D eigenvalue weighted by Gasteiger charge is 2.22. The highest BCUT2D eigenvalue weighted by Crippen LogP contribution is 2.10. The number of amides is 1. The first-order chi connectivity index (χ1) is 8.41. The third-order valence-corrected chi connectivity index (χ3v) is 4.73. The van der Waals surface area contributed by atoms with Gasteiger partial charge in [-0.05, 0) is 26.2 Å². The van der Waals surface area contributed by atoms with Crippen LogP contribution in [0.5, 0.6) is 0 Å². The molecule has 0 aromatic heterocycles.